The van der Waals surface area contributed by atoms with Crippen LogP contribution in [-0.2, 0) is 12.7 Å². The van der Waals surface area contributed by atoms with Gasteiger partial charge in [0, 0.05) is 11.0 Å². The topological polar surface area (TPSA) is 17.8 Å². The van der Waals surface area contributed by atoms with E-state index in [9.17, 15) is 13.2 Å². The summed E-state index contributed by atoms with van der Waals surface area (Å²) >= 11 is 3.33. The SMILES string of the molecule is FC(F)(F)c1nc2ccccc2n1Cc1cccc(Br)c1. The summed E-state index contributed by atoms with van der Waals surface area (Å²) < 4.78 is 41.6. The number of imidazole rings is 1. The summed E-state index contributed by atoms with van der Waals surface area (Å²) in [6.07, 6.45) is -4.48. The van der Waals surface area contributed by atoms with Crippen molar-refractivity contribution in [1.29, 1.82) is 0 Å². The summed E-state index contributed by atoms with van der Waals surface area (Å²) in [6.45, 7) is 0.120. The van der Waals surface area contributed by atoms with Gasteiger partial charge in [0.15, 0.2) is 0 Å². The Labute approximate surface area is 127 Å². The molecule has 21 heavy (non-hydrogen) atoms. The van der Waals surface area contributed by atoms with Crippen molar-refractivity contribution in [3.63, 3.8) is 0 Å². The number of para-hydroxylation sites is 2. The van der Waals surface area contributed by atoms with Crippen molar-refractivity contribution >= 4 is 27.0 Å². The summed E-state index contributed by atoms with van der Waals surface area (Å²) in [4.78, 5) is 3.73. The first-order valence-corrected chi connectivity index (χ1v) is 7.01. The van der Waals surface area contributed by atoms with Gasteiger partial charge in [-0.2, -0.15) is 13.2 Å². The molecule has 2 aromatic carbocycles. The molecule has 0 N–H and O–H groups in total. The molecule has 108 valence electrons. The average Bonchev–Trinajstić information content (AvgIpc) is 2.78. The number of fused-ring (bicyclic) bond motifs is 1. The molecular formula is C15H10BrF3N2. The highest BCUT2D eigenvalue weighted by Gasteiger charge is 2.37. The molecule has 0 unspecified atom stereocenters. The Morgan fingerprint density at radius 2 is 1.81 bits per heavy atom. The van der Waals surface area contributed by atoms with Gasteiger partial charge < -0.3 is 4.57 Å². The molecule has 0 bridgehead atoms. The van der Waals surface area contributed by atoms with Crippen molar-refractivity contribution in [3.8, 4) is 0 Å². The van der Waals surface area contributed by atoms with Crippen LogP contribution in [0, 0.1) is 0 Å². The Morgan fingerprint density at radius 3 is 2.52 bits per heavy atom. The van der Waals surface area contributed by atoms with E-state index in [4.69, 9.17) is 0 Å². The maximum atomic E-state index is 13.2. The fraction of sp³-hybridized carbons (Fsp3) is 0.133. The molecule has 0 aliphatic carbocycles. The highest BCUT2D eigenvalue weighted by molar-refractivity contribution is 9.10. The van der Waals surface area contributed by atoms with E-state index in [1.165, 1.54) is 4.57 Å². The number of aromatic nitrogens is 2. The van der Waals surface area contributed by atoms with Crippen LogP contribution in [0.3, 0.4) is 0 Å². The predicted molar refractivity (Wildman–Crippen MR) is 78.0 cm³/mol. The molecular weight excluding hydrogens is 345 g/mol. The highest BCUT2D eigenvalue weighted by Crippen LogP contribution is 2.32. The second kappa shape index (κ2) is 5.18. The van der Waals surface area contributed by atoms with Crippen LogP contribution >= 0.6 is 15.9 Å². The van der Waals surface area contributed by atoms with E-state index in [-0.39, 0.29) is 6.54 Å². The lowest BCUT2D eigenvalue weighted by Crippen LogP contribution is -2.15. The van der Waals surface area contributed by atoms with E-state index in [1.54, 1.807) is 42.5 Å². The van der Waals surface area contributed by atoms with Crippen molar-refractivity contribution in [1.82, 2.24) is 9.55 Å². The van der Waals surface area contributed by atoms with Crippen molar-refractivity contribution in [3.05, 3.63) is 64.4 Å². The van der Waals surface area contributed by atoms with Gasteiger partial charge in [0.25, 0.3) is 0 Å². The summed E-state index contributed by atoms with van der Waals surface area (Å²) in [5.41, 5.74) is 1.60. The second-order valence-corrected chi connectivity index (χ2v) is 5.55. The third-order valence-electron chi connectivity index (χ3n) is 3.14. The Balaban J connectivity index is 2.15. The Kier molecular flexibility index (Phi) is 3.49. The van der Waals surface area contributed by atoms with Gasteiger partial charge in [-0.3, -0.25) is 0 Å². The lowest BCUT2D eigenvalue weighted by molar-refractivity contribution is -0.146. The predicted octanol–water partition coefficient (Wildman–Crippen LogP) is 4.87. The lowest BCUT2D eigenvalue weighted by Gasteiger charge is -2.11. The summed E-state index contributed by atoms with van der Waals surface area (Å²) in [7, 11) is 0. The van der Waals surface area contributed by atoms with Crippen LogP contribution in [0.1, 0.15) is 11.4 Å². The van der Waals surface area contributed by atoms with Gasteiger partial charge in [-0.1, -0.05) is 40.2 Å². The summed E-state index contributed by atoms with van der Waals surface area (Å²) in [5, 5.41) is 0. The zero-order chi connectivity index (χ0) is 15.0. The molecule has 0 spiro atoms. The minimum Gasteiger partial charge on any atom is -0.316 e. The maximum Gasteiger partial charge on any atom is 0.449 e. The maximum absolute atomic E-state index is 13.2. The number of halogens is 4. The second-order valence-electron chi connectivity index (χ2n) is 4.64. The molecule has 6 heteroatoms. The van der Waals surface area contributed by atoms with E-state index in [0.29, 0.717) is 11.0 Å². The number of benzene rings is 2. The van der Waals surface area contributed by atoms with E-state index in [2.05, 4.69) is 20.9 Å². The van der Waals surface area contributed by atoms with E-state index >= 15 is 0 Å². The number of nitrogens with zero attached hydrogens (tertiary/aromatic N) is 2. The van der Waals surface area contributed by atoms with Crippen LogP contribution in [0.25, 0.3) is 11.0 Å². The fourth-order valence-electron chi connectivity index (χ4n) is 2.27. The first-order valence-electron chi connectivity index (χ1n) is 6.22. The van der Waals surface area contributed by atoms with Crippen molar-refractivity contribution < 1.29 is 13.2 Å². The zero-order valence-electron chi connectivity index (χ0n) is 10.7. The molecule has 1 aromatic heterocycles. The van der Waals surface area contributed by atoms with E-state index < -0.39 is 12.0 Å². The third kappa shape index (κ3) is 2.81. The number of hydrogen-bond donors (Lipinski definition) is 0. The highest BCUT2D eigenvalue weighted by atomic mass is 79.9. The molecule has 3 rings (SSSR count). The number of alkyl halides is 3. The number of hydrogen-bond acceptors (Lipinski definition) is 1. The largest absolute Gasteiger partial charge is 0.449 e. The smallest absolute Gasteiger partial charge is 0.316 e. The molecule has 3 aromatic rings. The van der Waals surface area contributed by atoms with Crippen LogP contribution in [0.4, 0.5) is 13.2 Å². The molecule has 0 saturated carbocycles. The minimum absolute atomic E-state index is 0.120. The molecule has 0 aliphatic heterocycles. The van der Waals surface area contributed by atoms with E-state index in [1.807, 2.05) is 6.07 Å². The summed E-state index contributed by atoms with van der Waals surface area (Å²) in [5.74, 6) is -0.872. The quantitative estimate of drug-likeness (QED) is 0.642. The van der Waals surface area contributed by atoms with Gasteiger partial charge >= 0.3 is 6.18 Å². The van der Waals surface area contributed by atoms with Gasteiger partial charge in [-0.15, -0.1) is 0 Å². The van der Waals surface area contributed by atoms with Crippen molar-refractivity contribution in [2.45, 2.75) is 12.7 Å². The average molecular weight is 355 g/mol. The molecule has 0 atom stereocenters. The molecule has 0 radical (unpaired) electrons. The van der Waals surface area contributed by atoms with Crippen LogP contribution in [0.15, 0.2) is 53.0 Å². The van der Waals surface area contributed by atoms with Gasteiger partial charge in [0.1, 0.15) is 0 Å². The monoisotopic (exact) mass is 354 g/mol. The molecule has 0 saturated heterocycles. The van der Waals surface area contributed by atoms with E-state index in [0.717, 1.165) is 10.0 Å². The zero-order valence-corrected chi connectivity index (χ0v) is 12.3. The van der Waals surface area contributed by atoms with Gasteiger partial charge in [0.05, 0.1) is 11.0 Å². The number of rotatable bonds is 2. The lowest BCUT2D eigenvalue weighted by atomic mass is 10.2. The van der Waals surface area contributed by atoms with Crippen LogP contribution in [0.2, 0.25) is 0 Å². The molecule has 0 fully saturated rings. The first-order chi connectivity index (χ1) is 9.95. The Morgan fingerprint density at radius 1 is 1.05 bits per heavy atom. The van der Waals surface area contributed by atoms with Gasteiger partial charge in [-0.25, -0.2) is 4.98 Å². The van der Waals surface area contributed by atoms with Crippen molar-refractivity contribution in [2.75, 3.05) is 0 Å². The minimum atomic E-state index is -4.48. The summed E-state index contributed by atoms with van der Waals surface area (Å²) in [6, 6.07) is 13.8. The standard InChI is InChI=1S/C15H10BrF3N2/c16-11-5-3-4-10(8-11)9-21-13-7-2-1-6-12(13)20-14(21)15(17,18)19/h1-8H,9H2. The van der Waals surface area contributed by atoms with Crippen LogP contribution in [0.5, 0.6) is 0 Å². The van der Waals surface area contributed by atoms with Crippen molar-refractivity contribution in [2.24, 2.45) is 0 Å². The molecule has 0 aliphatic rings. The first kappa shape index (κ1) is 14.1. The molecule has 0 amide bonds. The van der Waals surface area contributed by atoms with Gasteiger partial charge in [0.2, 0.25) is 5.82 Å². The van der Waals surface area contributed by atoms with Gasteiger partial charge in [-0.05, 0) is 29.8 Å². The molecule has 2 nitrogen and oxygen atoms in total. The normalized spacial score (nSPS) is 12.0. The molecule has 1 heterocycles. The third-order valence-corrected chi connectivity index (χ3v) is 3.63. The van der Waals surface area contributed by atoms with Crippen LogP contribution < -0.4 is 0 Å². The fourth-order valence-corrected chi connectivity index (χ4v) is 2.72. The van der Waals surface area contributed by atoms with Crippen LogP contribution in [-0.4, -0.2) is 9.55 Å². The Bertz CT molecular complexity index is 793. The Hall–Kier alpha value is -1.82.